The molecule has 0 aliphatic carbocycles. The summed E-state index contributed by atoms with van der Waals surface area (Å²) >= 11 is 0. The van der Waals surface area contributed by atoms with Gasteiger partial charge in [0.25, 0.3) is 0 Å². The summed E-state index contributed by atoms with van der Waals surface area (Å²) in [5.74, 6) is 0. The van der Waals surface area contributed by atoms with E-state index in [1.54, 1.807) is 0 Å². The van der Waals surface area contributed by atoms with Gasteiger partial charge >= 0.3 is 0 Å². The molecule has 0 aromatic carbocycles. The lowest BCUT2D eigenvalue weighted by Gasteiger charge is -2.45. The molecule has 1 rings (SSSR count). The van der Waals surface area contributed by atoms with Crippen molar-refractivity contribution in [1.82, 2.24) is 0 Å². The minimum absolute atomic E-state index is 0.827. The second-order valence-electron chi connectivity index (χ2n) is 15.7. The molecular formula is C23H56OSi6. The van der Waals surface area contributed by atoms with Crippen molar-refractivity contribution >= 4 is 48.7 Å². The number of hydrogen-bond acceptors (Lipinski definition) is 1. The molecule has 1 heterocycles. The molecule has 178 valence electrons. The number of rotatable bonds is 7. The molecular weight excluding hydrogens is 461 g/mol. The predicted octanol–water partition coefficient (Wildman–Crippen LogP) is 8.94. The smallest absolute Gasteiger partial charge is 0.216 e. The Labute approximate surface area is 197 Å². The summed E-state index contributed by atoms with van der Waals surface area (Å²) in [6.07, 6.45) is 2.93. The van der Waals surface area contributed by atoms with Crippen LogP contribution in [-0.4, -0.2) is 55.8 Å². The van der Waals surface area contributed by atoms with Crippen molar-refractivity contribution in [1.29, 1.82) is 0 Å². The Morgan fingerprint density at radius 1 is 0.700 bits per heavy atom. The van der Waals surface area contributed by atoms with Gasteiger partial charge < -0.3 is 4.43 Å². The summed E-state index contributed by atoms with van der Waals surface area (Å²) in [5.41, 5.74) is 1.73. The zero-order valence-corrected chi connectivity index (χ0v) is 29.8. The van der Waals surface area contributed by atoms with Crippen LogP contribution in [0.5, 0.6) is 0 Å². The van der Waals surface area contributed by atoms with Gasteiger partial charge in [0.15, 0.2) is 0 Å². The largest absolute Gasteiger partial charge is 0.416 e. The second-order valence-corrected chi connectivity index (χ2v) is 47.5. The maximum absolute atomic E-state index is 6.81. The molecule has 4 atom stereocenters. The first-order chi connectivity index (χ1) is 12.9. The lowest BCUT2D eigenvalue weighted by Crippen LogP contribution is -2.51. The summed E-state index contributed by atoms with van der Waals surface area (Å²) < 4.78 is 6.81. The minimum Gasteiger partial charge on any atom is -0.416 e. The fourth-order valence-electron chi connectivity index (χ4n) is 7.08. The predicted molar refractivity (Wildman–Crippen MR) is 158 cm³/mol. The Balaban J connectivity index is 4.05. The van der Waals surface area contributed by atoms with Crippen LogP contribution in [0.2, 0.25) is 126 Å². The first-order valence-corrected chi connectivity index (χ1v) is 32.5. The van der Waals surface area contributed by atoms with E-state index < -0.39 is 48.7 Å². The van der Waals surface area contributed by atoms with E-state index in [4.69, 9.17) is 4.43 Å². The summed E-state index contributed by atoms with van der Waals surface area (Å²) in [4.78, 5) is 0. The van der Waals surface area contributed by atoms with Gasteiger partial charge in [0.1, 0.15) is 0 Å². The van der Waals surface area contributed by atoms with E-state index in [1.807, 2.05) is 5.20 Å². The van der Waals surface area contributed by atoms with Gasteiger partial charge in [-0.3, -0.25) is 0 Å². The molecule has 1 nitrogen and oxygen atoms in total. The molecule has 0 aromatic rings. The Morgan fingerprint density at radius 3 is 1.33 bits per heavy atom. The van der Waals surface area contributed by atoms with Crippen LogP contribution in [0.1, 0.15) is 0 Å². The average Bonchev–Trinajstić information content (AvgIpc) is 2.71. The summed E-state index contributed by atoms with van der Waals surface area (Å²) in [5, 5.41) is 3.58. The lowest BCUT2D eigenvalue weighted by molar-refractivity contribution is 0.405. The quantitative estimate of drug-likeness (QED) is 0.307. The molecule has 0 radical (unpaired) electrons. The fourth-order valence-corrected chi connectivity index (χ4v) is 46.6. The van der Waals surface area contributed by atoms with Gasteiger partial charge in [0, 0.05) is 39.4 Å². The van der Waals surface area contributed by atoms with Crippen LogP contribution in [-0.2, 0) is 4.43 Å². The van der Waals surface area contributed by atoms with Gasteiger partial charge in [-0.2, -0.15) is 0 Å². The van der Waals surface area contributed by atoms with E-state index in [1.165, 1.54) is 0 Å². The van der Waals surface area contributed by atoms with Crippen molar-refractivity contribution < 1.29 is 4.43 Å². The van der Waals surface area contributed by atoms with Gasteiger partial charge in [-0.25, -0.2) is 0 Å². The SMILES string of the molecule is CO[Si@@]1(C)/C(=C/C([Si](C)(C)C)[Si](C)(C)C)[C@@H]([Si](C)(C)C)[C@H]([Si](C)(C)C)[C@H]1[Si](C)(C)C. The van der Waals surface area contributed by atoms with Gasteiger partial charge in [-0.15, -0.1) is 0 Å². The van der Waals surface area contributed by atoms with Crippen LogP contribution in [0, 0.1) is 0 Å². The normalized spacial score (nSPS) is 31.1. The molecule has 0 aromatic heterocycles. The first-order valence-electron chi connectivity index (χ1n) is 12.2. The molecule has 1 saturated heterocycles. The third-order valence-corrected chi connectivity index (χ3v) is 34.0. The first kappa shape index (κ1) is 29.0. The zero-order valence-electron chi connectivity index (χ0n) is 23.8. The maximum atomic E-state index is 6.81. The third-order valence-electron chi connectivity index (χ3n) is 7.72. The van der Waals surface area contributed by atoms with E-state index in [0.29, 0.717) is 0 Å². The van der Waals surface area contributed by atoms with Crippen LogP contribution in [0.25, 0.3) is 0 Å². The third kappa shape index (κ3) is 5.92. The standard InChI is InChI=1S/C23H56OSi6/c1-24-30(17)19(18-20(25(2,3)4)26(5,6)7)21(27(8,9)10)22(28(11,12)13)23(30)29(14,15)16/h18,20-23H,1-17H3/b19-18+/t21-,22+,23+,30+/m1/s1. The molecule has 1 aliphatic rings. The summed E-state index contributed by atoms with van der Waals surface area (Å²) in [7, 11) is -6.63. The number of hydrogen-bond donors (Lipinski definition) is 0. The van der Waals surface area contributed by atoms with Crippen molar-refractivity contribution in [2.24, 2.45) is 0 Å². The molecule has 1 aliphatic heterocycles. The highest BCUT2D eigenvalue weighted by Gasteiger charge is 2.65. The molecule has 1 fully saturated rings. The highest BCUT2D eigenvalue weighted by molar-refractivity contribution is 7.04. The molecule has 30 heavy (non-hydrogen) atoms. The molecule has 0 amide bonds. The van der Waals surface area contributed by atoms with Crippen molar-refractivity contribution in [2.75, 3.05) is 7.11 Å². The average molecular weight is 517 g/mol. The van der Waals surface area contributed by atoms with Crippen LogP contribution in [0.4, 0.5) is 0 Å². The van der Waals surface area contributed by atoms with Crippen LogP contribution < -0.4 is 0 Å². The van der Waals surface area contributed by atoms with E-state index in [-0.39, 0.29) is 0 Å². The molecule has 0 bridgehead atoms. The van der Waals surface area contributed by atoms with E-state index >= 15 is 0 Å². The van der Waals surface area contributed by atoms with Crippen LogP contribution >= 0.6 is 0 Å². The van der Waals surface area contributed by atoms with Crippen molar-refractivity contribution in [3.05, 3.63) is 11.3 Å². The Hall–Kier alpha value is 1.00. The zero-order chi connectivity index (χ0) is 24.3. The van der Waals surface area contributed by atoms with E-state index in [2.05, 4.69) is 118 Å². The summed E-state index contributed by atoms with van der Waals surface area (Å²) in [6.45, 7) is 42.2. The molecule has 0 saturated carbocycles. The topological polar surface area (TPSA) is 9.23 Å². The number of allylic oxidation sites excluding steroid dienone is 2. The Bertz CT molecular complexity index is 625. The van der Waals surface area contributed by atoms with E-state index in [9.17, 15) is 0 Å². The second kappa shape index (κ2) is 8.65. The molecule has 0 N–H and O–H groups in total. The Morgan fingerprint density at radius 2 is 1.10 bits per heavy atom. The molecule has 0 spiro atoms. The summed E-state index contributed by atoms with van der Waals surface area (Å²) in [6, 6.07) is 0. The van der Waals surface area contributed by atoms with Crippen molar-refractivity contribution in [2.45, 2.75) is 126 Å². The maximum Gasteiger partial charge on any atom is 0.216 e. The van der Waals surface area contributed by atoms with Crippen molar-refractivity contribution in [3.8, 4) is 0 Å². The fraction of sp³-hybridized carbons (Fsp3) is 0.913. The molecule has 0 unspecified atom stereocenters. The van der Waals surface area contributed by atoms with Crippen LogP contribution in [0.15, 0.2) is 11.3 Å². The van der Waals surface area contributed by atoms with Gasteiger partial charge in [-0.05, 0) is 28.0 Å². The van der Waals surface area contributed by atoms with Crippen LogP contribution in [0.3, 0.4) is 0 Å². The molecule has 7 heteroatoms. The van der Waals surface area contributed by atoms with Gasteiger partial charge in [0.2, 0.25) is 8.32 Å². The highest BCUT2D eigenvalue weighted by atomic mass is 28.4. The van der Waals surface area contributed by atoms with Gasteiger partial charge in [-0.1, -0.05) is 109 Å². The lowest BCUT2D eigenvalue weighted by atomic mass is 10.3. The minimum atomic E-state index is -1.98. The highest BCUT2D eigenvalue weighted by Crippen LogP contribution is 2.67. The van der Waals surface area contributed by atoms with E-state index in [0.717, 1.165) is 21.4 Å². The van der Waals surface area contributed by atoms with Gasteiger partial charge in [0.05, 0.1) is 8.07 Å². The Kier molecular flexibility index (Phi) is 8.37. The van der Waals surface area contributed by atoms with Crippen molar-refractivity contribution in [3.63, 3.8) is 0 Å². The monoisotopic (exact) mass is 516 g/mol.